The highest BCUT2D eigenvalue weighted by Crippen LogP contribution is 2.28. The van der Waals surface area contributed by atoms with Crippen molar-refractivity contribution in [3.8, 4) is 5.69 Å². The van der Waals surface area contributed by atoms with Crippen molar-refractivity contribution < 1.29 is 4.39 Å². The van der Waals surface area contributed by atoms with Gasteiger partial charge in [0.05, 0.1) is 5.69 Å². The van der Waals surface area contributed by atoms with Gasteiger partial charge in [0, 0.05) is 12.4 Å². The van der Waals surface area contributed by atoms with Crippen LogP contribution in [0.15, 0.2) is 36.7 Å². The predicted molar refractivity (Wildman–Crippen MR) is 62.2 cm³/mol. The molecule has 0 atom stereocenters. The number of nitrogens with zero attached hydrogens (tertiary/aromatic N) is 2. The lowest BCUT2D eigenvalue weighted by Crippen LogP contribution is -2.15. The van der Waals surface area contributed by atoms with Gasteiger partial charge in [0.25, 0.3) is 0 Å². The zero-order chi connectivity index (χ0) is 11.8. The first kappa shape index (κ1) is 10.9. The van der Waals surface area contributed by atoms with Gasteiger partial charge in [0.15, 0.2) is 0 Å². The minimum absolute atomic E-state index is 0.0328. The zero-order valence-corrected chi connectivity index (χ0v) is 9.74. The zero-order valence-electron chi connectivity index (χ0n) is 9.74. The third-order valence-corrected chi connectivity index (χ3v) is 2.52. The fraction of sp³-hybridized carbons (Fsp3) is 0.308. The van der Waals surface area contributed by atoms with Crippen molar-refractivity contribution in [2.45, 2.75) is 26.2 Å². The Kier molecular flexibility index (Phi) is 2.54. The molecule has 0 bridgehead atoms. The average Bonchev–Trinajstić information content (AvgIpc) is 2.68. The van der Waals surface area contributed by atoms with Crippen molar-refractivity contribution in [3.63, 3.8) is 0 Å². The molecule has 1 heterocycles. The molecule has 0 spiro atoms. The molecule has 84 valence electrons. The molecule has 0 amide bonds. The van der Waals surface area contributed by atoms with Crippen LogP contribution in [0.1, 0.15) is 26.3 Å². The summed E-state index contributed by atoms with van der Waals surface area (Å²) in [7, 11) is 0. The number of aromatic nitrogens is 2. The van der Waals surface area contributed by atoms with Gasteiger partial charge >= 0.3 is 0 Å². The summed E-state index contributed by atoms with van der Waals surface area (Å²) >= 11 is 0. The molecule has 1 aromatic carbocycles. The second-order valence-corrected chi connectivity index (χ2v) is 4.86. The molecule has 0 fully saturated rings. The summed E-state index contributed by atoms with van der Waals surface area (Å²) in [6.45, 7) is 6.31. The smallest absolute Gasteiger partial charge is 0.125 e. The highest BCUT2D eigenvalue weighted by molar-refractivity contribution is 5.44. The lowest BCUT2D eigenvalue weighted by atomic mass is 9.86. The summed E-state index contributed by atoms with van der Waals surface area (Å²) in [5.41, 5.74) is 1.85. The first-order valence-corrected chi connectivity index (χ1v) is 5.28. The van der Waals surface area contributed by atoms with Crippen LogP contribution in [0.3, 0.4) is 0 Å². The highest BCUT2D eigenvalue weighted by Gasteiger charge is 2.19. The first-order chi connectivity index (χ1) is 7.48. The molecule has 0 aliphatic carbocycles. The average molecular weight is 218 g/mol. The Labute approximate surface area is 94.7 Å². The Morgan fingerprint density at radius 2 is 2.00 bits per heavy atom. The van der Waals surface area contributed by atoms with Gasteiger partial charge in [0.1, 0.15) is 5.82 Å². The van der Waals surface area contributed by atoms with Crippen LogP contribution in [-0.4, -0.2) is 9.78 Å². The van der Waals surface area contributed by atoms with E-state index in [0.717, 1.165) is 11.3 Å². The summed E-state index contributed by atoms with van der Waals surface area (Å²) < 4.78 is 15.0. The van der Waals surface area contributed by atoms with E-state index >= 15 is 0 Å². The Balaban J connectivity index is 2.63. The van der Waals surface area contributed by atoms with E-state index in [1.54, 1.807) is 10.9 Å². The van der Waals surface area contributed by atoms with Crippen LogP contribution in [0.5, 0.6) is 0 Å². The van der Waals surface area contributed by atoms with E-state index in [1.165, 1.54) is 12.1 Å². The summed E-state index contributed by atoms with van der Waals surface area (Å²) in [6.07, 6.45) is 3.52. The molecule has 0 saturated carbocycles. The number of halogens is 1. The number of benzene rings is 1. The summed E-state index contributed by atoms with van der Waals surface area (Å²) in [4.78, 5) is 0. The third-order valence-electron chi connectivity index (χ3n) is 2.52. The standard InChI is InChI=1S/C13H15FN2/c1-13(2,3)11-6-5-10(14)9-12(11)16-8-4-7-15-16/h4-9H,1-3H3. The van der Waals surface area contributed by atoms with Gasteiger partial charge in [-0.05, 0) is 29.2 Å². The molecular weight excluding hydrogens is 203 g/mol. The fourth-order valence-electron chi connectivity index (χ4n) is 1.74. The van der Waals surface area contributed by atoms with Gasteiger partial charge < -0.3 is 0 Å². The molecule has 1 aromatic heterocycles. The lowest BCUT2D eigenvalue weighted by Gasteiger charge is -2.22. The van der Waals surface area contributed by atoms with Crippen LogP contribution in [0.2, 0.25) is 0 Å². The van der Waals surface area contributed by atoms with Crippen LogP contribution in [-0.2, 0) is 5.41 Å². The number of hydrogen-bond acceptors (Lipinski definition) is 1. The molecule has 0 saturated heterocycles. The third kappa shape index (κ3) is 1.98. The van der Waals surface area contributed by atoms with Crippen LogP contribution >= 0.6 is 0 Å². The Hall–Kier alpha value is -1.64. The molecule has 0 aliphatic rings. The molecular formula is C13H15FN2. The fourth-order valence-corrected chi connectivity index (χ4v) is 1.74. The van der Waals surface area contributed by atoms with E-state index in [9.17, 15) is 4.39 Å². The second-order valence-electron chi connectivity index (χ2n) is 4.86. The molecule has 0 N–H and O–H groups in total. The topological polar surface area (TPSA) is 17.8 Å². The minimum Gasteiger partial charge on any atom is -0.241 e. The molecule has 2 rings (SSSR count). The Bertz CT molecular complexity index is 481. The van der Waals surface area contributed by atoms with Gasteiger partial charge in [0.2, 0.25) is 0 Å². The van der Waals surface area contributed by atoms with E-state index in [1.807, 2.05) is 18.3 Å². The summed E-state index contributed by atoms with van der Waals surface area (Å²) in [5, 5.41) is 4.15. The van der Waals surface area contributed by atoms with E-state index in [4.69, 9.17) is 0 Å². The number of hydrogen-bond donors (Lipinski definition) is 0. The molecule has 0 radical (unpaired) electrons. The maximum absolute atomic E-state index is 13.3. The van der Waals surface area contributed by atoms with Crippen molar-refractivity contribution in [1.82, 2.24) is 9.78 Å². The van der Waals surface area contributed by atoms with Crippen LogP contribution in [0.25, 0.3) is 5.69 Å². The van der Waals surface area contributed by atoms with Crippen molar-refractivity contribution in [3.05, 3.63) is 48.0 Å². The molecule has 16 heavy (non-hydrogen) atoms. The van der Waals surface area contributed by atoms with Gasteiger partial charge in [-0.2, -0.15) is 5.10 Å². The highest BCUT2D eigenvalue weighted by atomic mass is 19.1. The van der Waals surface area contributed by atoms with E-state index in [2.05, 4.69) is 25.9 Å². The summed E-state index contributed by atoms with van der Waals surface area (Å²) in [6, 6.07) is 6.67. The largest absolute Gasteiger partial charge is 0.241 e. The van der Waals surface area contributed by atoms with Crippen LogP contribution in [0.4, 0.5) is 4.39 Å². The summed E-state index contributed by atoms with van der Waals surface area (Å²) in [5.74, 6) is -0.237. The maximum Gasteiger partial charge on any atom is 0.125 e. The van der Waals surface area contributed by atoms with Crippen molar-refractivity contribution >= 4 is 0 Å². The Morgan fingerprint density at radius 1 is 1.25 bits per heavy atom. The monoisotopic (exact) mass is 218 g/mol. The van der Waals surface area contributed by atoms with Crippen molar-refractivity contribution in [2.24, 2.45) is 0 Å². The van der Waals surface area contributed by atoms with Crippen molar-refractivity contribution in [2.75, 3.05) is 0 Å². The van der Waals surface area contributed by atoms with Gasteiger partial charge in [-0.25, -0.2) is 9.07 Å². The number of rotatable bonds is 1. The minimum atomic E-state index is -0.237. The van der Waals surface area contributed by atoms with E-state index < -0.39 is 0 Å². The molecule has 2 aromatic rings. The quantitative estimate of drug-likeness (QED) is 0.718. The second kappa shape index (κ2) is 3.74. The lowest BCUT2D eigenvalue weighted by molar-refractivity contribution is 0.574. The van der Waals surface area contributed by atoms with Gasteiger partial charge in [-0.1, -0.05) is 26.8 Å². The molecule has 0 aliphatic heterocycles. The van der Waals surface area contributed by atoms with Crippen molar-refractivity contribution in [1.29, 1.82) is 0 Å². The Morgan fingerprint density at radius 3 is 2.56 bits per heavy atom. The van der Waals surface area contributed by atoms with Crippen LogP contribution in [0, 0.1) is 5.82 Å². The molecule has 3 heteroatoms. The molecule has 0 unspecified atom stereocenters. The predicted octanol–water partition coefficient (Wildman–Crippen LogP) is 3.31. The first-order valence-electron chi connectivity index (χ1n) is 5.28. The van der Waals surface area contributed by atoms with Gasteiger partial charge in [-0.3, -0.25) is 0 Å². The maximum atomic E-state index is 13.3. The van der Waals surface area contributed by atoms with Gasteiger partial charge in [-0.15, -0.1) is 0 Å². The van der Waals surface area contributed by atoms with E-state index in [0.29, 0.717) is 0 Å². The normalized spacial score (nSPS) is 11.8. The SMILES string of the molecule is CC(C)(C)c1ccc(F)cc1-n1cccn1. The van der Waals surface area contributed by atoms with Crippen LogP contribution < -0.4 is 0 Å². The molecule has 2 nitrogen and oxygen atoms in total. The van der Waals surface area contributed by atoms with E-state index in [-0.39, 0.29) is 11.2 Å².